The van der Waals surface area contributed by atoms with Crippen LogP contribution >= 0.6 is 0 Å². The van der Waals surface area contributed by atoms with Crippen LogP contribution in [-0.2, 0) is 11.3 Å². The van der Waals surface area contributed by atoms with Crippen molar-refractivity contribution in [1.29, 1.82) is 0 Å². The lowest BCUT2D eigenvalue weighted by molar-refractivity contribution is 0.113. The molecule has 0 spiro atoms. The fourth-order valence-corrected chi connectivity index (χ4v) is 1.41. The molecule has 0 saturated carbocycles. The first kappa shape index (κ1) is 11.7. The zero-order valence-electron chi connectivity index (χ0n) is 9.15. The molecule has 0 fully saturated rings. The van der Waals surface area contributed by atoms with Gasteiger partial charge in [-0.2, -0.15) is 0 Å². The Hall–Kier alpha value is -1.33. The van der Waals surface area contributed by atoms with Gasteiger partial charge in [0.1, 0.15) is 6.61 Å². The molecule has 0 saturated heterocycles. The molecule has 0 aliphatic rings. The van der Waals surface area contributed by atoms with Gasteiger partial charge >= 0.3 is 0 Å². The molecule has 0 aromatic heterocycles. The zero-order valence-corrected chi connectivity index (χ0v) is 9.15. The monoisotopic (exact) mass is 203 g/mol. The van der Waals surface area contributed by atoms with Gasteiger partial charge in [0, 0.05) is 6.42 Å². The van der Waals surface area contributed by atoms with E-state index in [-0.39, 0.29) is 6.04 Å². The van der Waals surface area contributed by atoms with Gasteiger partial charge in [0.15, 0.2) is 0 Å². The molecule has 0 N–H and O–H groups in total. The van der Waals surface area contributed by atoms with E-state index in [9.17, 15) is 0 Å². The molecule has 0 heterocycles. The average Bonchev–Trinajstić information content (AvgIpc) is 2.29. The molecule has 1 aromatic carbocycles. The van der Waals surface area contributed by atoms with E-state index in [1.807, 2.05) is 30.3 Å². The summed E-state index contributed by atoms with van der Waals surface area (Å²) in [6.07, 6.45) is 1.97. The van der Waals surface area contributed by atoms with Crippen LogP contribution < -0.4 is 0 Å². The molecular formula is C13H17NO. The van der Waals surface area contributed by atoms with E-state index in [1.54, 1.807) is 0 Å². The maximum absolute atomic E-state index is 6.99. The Morgan fingerprint density at radius 3 is 2.67 bits per heavy atom. The predicted octanol–water partition coefficient (Wildman–Crippen LogP) is 3.29. The van der Waals surface area contributed by atoms with Crippen molar-refractivity contribution in [3.63, 3.8) is 0 Å². The average molecular weight is 203 g/mol. The maximum atomic E-state index is 6.99. The largest absolute Gasteiger partial charge is 0.369 e. The summed E-state index contributed by atoms with van der Waals surface area (Å²) in [4.78, 5) is 3.53. The quantitative estimate of drug-likeness (QED) is 0.647. The highest BCUT2D eigenvalue weighted by molar-refractivity contribution is 5.13. The summed E-state index contributed by atoms with van der Waals surface area (Å²) in [5.41, 5.74) is 1.16. The van der Waals surface area contributed by atoms with Gasteiger partial charge in [0.05, 0.1) is 6.61 Å². The van der Waals surface area contributed by atoms with E-state index < -0.39 is 0 Å². The van der Waals surface area contributed by atoms with Gasteiger partial charge in [-0.1, -0.05) is 37.3 Å². The highest BCUT2D eigenvalue weighted by atomic mass is 16.5. The summed E-state index contributed by atoms with van der Waals surface area (Å²) >= 11 is 0. The van der Waals surface area contributed by atoms with E-state index >= 15 is 0 Å². The molecular weight excluding hydrogens is 186 g/mol. The van der Waals surface area contributed by atoms with Crippen LogP contribution in [0.5, 0.6) is 0 Å². The highest BCUT2D eigenvalue weighted by Gasteiger charge is 2.10. The minimum Gasteiger partial charge on any atom is -0.369 e. The zero-order chi connectivity index (χ0) is 10.9. The van der Waals surface area contributed by atoms with Gasteiger partial charge < -0.3 is 9.58 Å². The molecule has 1 atom stereocenters. The fraction of sp³-hybridized carbons (Fsp3) is 0.462. The Bertz CT molecular complexity index is 302. The van der Waals surface area contributed by atoms with Crippen molar-refractivity contribution in [2.24, 2.45) is 0 Å². The highest BCUT2D eigenvalue weighted by Crippen LogP contribution is 2.05. The Kier molecular flexibility index (Phi) is 5.50. The van der Waals surface area contributed by atoms with Crippen molar-refractivity contribution in [2.45, 2.75) is 32.4 Å². The summed E-state index contributed by atoms with van der Waals surface area (Å²) in [5, 5.41) is 0. The van der Waals surface area contributed by atoms with Crippen molar-refractivity contribution in [3.8, 4) is 0 Å². The third-order valence-electron chi connectivity index (χ3n) is 2.23. The molecule has 0 amide bonds. The molecule has 0 aliphatic carbocycles. The van der Waals surface area contributed by atoms with Crippen molar-refractivity contribution in [3.05, 3.63) is 47.3 Å². The third-order valence-corrected chi connectivity index (χ3v) is 2.23. The van der Waals surface area contributed by atoms with Crippen molar-refractivity contribution in [1.82, 2.24) is 0 Å². The molecule has 1 rings (SSSR count). The number of hydrogen-bond acceptors (Lipinski definition) is 1. The van der Waals surface area contributed by atoms with Crippen LogP contribution in [0.2, 0.25) is 0 Å². The minimum absolute atomic E-state index is 0.0266. The minimum atomic E-state index is 0.0266. The first-order valence-corrected chi connectivity index (χ1v) is 5.35. The van der Waals surface area contributed by atoms with Crippen molar-refractivity contribution >= 4 is 0 Å². The molecule has 15 heavy (non-hydrogen) atoms. The molecule has 0 unspecified atom stereocenters. The summed E-state index contributed by atoms with van der Waals surface area (Å²) in [7, 11) is 0. The molecule has 80 valence electrons. The van der Waals surface area contributed by atoms with Crippen LogP contribution in [0.1, 0.15) is 25.3 Å². The van der Waals surface area contributed by atoms with Crippen LogP contribution in [0.15, 0.2) is 30.3 Å². The summed E-state index contributed by atoms with van der Waals surface area (Å²) in [6.45, 7) is 10.2. The lowest BCUT2D eigenvalue weighted by Crippen LogP contribution is -2.11. The Morgan fingerprint density at radius 1 is 1.33 bits per heavy atom. The maximum Gasteiger partial charge on any atom is 0.246 e. The van der Waals surface area contributed by atoms with E-state index in [2.05, 4.69) is 11.8 Å². The SMILES string of the molecule is [C-]#[N+][C@@H](CCC)COCc1ccccc1. The summed E-state index contributed by atoms with van der Waals surface area (Å²) in [5.74, 6) is 0. The Labute approximate surface area is 91.7 Å². The fourth-order valence-electron chi connectivity index (χ4n) is 1.41. The lowest BCUT2D eigenvalue weighted by Gasteiger charge is -2.05. The molecule has 0 radical (unpaired) electrons. The number of rotatable bonds is 6. The number of nitrogens with zero attached hydrogens (tertiary/aromatic N) is 1. The number of benzene rings is 1. The molecule has 2 nitrogen and oxygen atoms in total. The van der Waals surface area contributed by atoms with E-state index in [0.29, 0.717) is 13.2 Å². The van der Waals surface area contributed by atoms with Crippen LogP contribution in [-0.4, -0.2) is 12.6 Å². The second-order valence-corrected chi connectivity index (χ2v) is 3.57. The summed E-state index contributed by atoms with van der Waals surface area (Å²) in [6, 6.07) is 10.1. The standard InChI is InChI=1S/C13H17NO/c1-3-7-13(14-2)11-15-10-12-8-5-4-6-9-12/h4-6,8-9,13H,3,7,10-11H2,1H3/t13-/m0/s1. The van der Waals surface area contributed by atoms with E-state index in [4.69, 9.17) is 11.3 Å². The molecule has 1 aromatic rings. The van der Waals surface area contributed by atoms with Crippen LogP contribution in [0, 0.1) is 6.57 Å². The lowest BCUT2D eigenvalue weighted by atomic mass is 10.2. The van der Waals surface area contributed by atoms with Gasteiger partial charge in [0.25, 0.3) is 0 Å². The molecule has 0 bridgehead atoms. The molecule has 2 heteroatoms. The smallest absolute Gasteiger partial charge is 0.246 e. The Balaban J connectivity index is 2.24. The third kappa shape index (κ3) is 4.62. The Morgan fingerprint density at radius 2 is 2.07 bits per heavy atom. The van der Waals surface area contributed by atoms with Gasteiger partial charge in [-0.25, -0.2) is 6.57 Å². The summed E-state index contributed by atoms with van der Waals surface area (Å²) < 4.78 is 5.51. The number of hydrogen-bond donors (Lipinski definition) is 0. The van der Waals surface area contributed by atoms with Crippen LogP contribution in [0.25, 0.3) is 4.85 Å². The van der Waals surface area contributed by atoms with Crippen molar-refractivity contribution < 1.29 is 4.74 Å². The second-order valence-electron chi connectivity index (χ2n) is 3.57. The topological polar surface area (TPSA) is 13.6 Å². The van der Waals surface area contributed by atoms with Gasteiger partial charge in [0.2, 0.25) is 6.04 Å². The van der Waals surface area contributed by atoms with Crippen LogP contribution in [0.4, 0.5) is 0 Å². The van der Waals surface area contributed by atoms with E-state index in [1.165, 1.54) is 0 Å². The first-order valence-electron chi connectivity index (χ1n) is 5.35. The number of ether oxygens (including phenoxy) is 1. The van der Waals surface area contributed by atoms with Gasteiger partial charge in [-0.05, 0) is 12.0 Å². The second kappa shape index (κ2) is 7.03. The van der Waals surface area contributed by atoms with Crippen molar-refractivity contribution in [2.75, 3.05) is 6.61 Å². The normalized spacial score (nSPS) is 12.0. The predicted molar refractivity (Wildman–Crippen MR) is 61.4 cm³/mol. The van der Waals surface area contributed by atoms with Gasteiger partial charge in [-0.3, -0.25) is 0 Å². The van der Waals surface area contributed by atoms with E-state index in [0.717, 1.165) is 18.4 Å². The van der Waals surface area contributed by atoms with Crippen LogP contribution in [0.3, 0.4) is 0 Å². The molecule has 0 aliphatic heterocycles. The first-order chi connectivity index (χ1) is 7.36. The van der Waals surface area contributed by atoms with Gasteiger partial charge in [-0.15, -0.1) is 0 Å².